The highest BCUT2D eigenvalue weighted by Crippen LogP contribution is 2.62. The van der Waals surface area contributed by atoms with Crippen LogP contribution in [0.3, 0.4) is 0 Å². The highest BCUT2D eigenvalue weighted by molar-refractivity contribution is 6.34. The fraction of sp³-hybridized carbons (Fsp3) is 0.500. The monoisotopic (exact) mass is 275 g/mol. The molecule has 2 fully saturated rings. The number of hydrogen-bond donors (Lipinski definition) is 1. The zero-order valence-electron chi connectivity index (χ0n) is 11.0. The molecule has 2 nitrogen and oxygen atoms in total. The molecule has 3 atom stereocenters. The second kappa shape index (κ2) is 4.26. The SMILES string of the molecule is CNC(c1cc2cccc(Cl)c2o1)C1C2CCCC21. The van der Waals surface area contributed by atoms with E-state index in [1.54, 1.807) is 0 Å². The summed E-state index contributed by atoms with van der Waals surface area (Å²) in [4.78, 5) is 0. The number of hydrogen-bond acceptors (Lipinski definition) is 2. The number of rotatable bonds is 3. The molecule has 4 rings (SSSR count). The molecule has 0 aliphatic heterocycles. The third kappa shape index (κ3) is 1.73. The van der Waals surface area contributed by atoms with E-state index in [0.29, 0.717) is 11.1 Å². The first-order valence-electron chi connectivity index (χ1n) is 7.15. The Hall–Kier alpha value is -0.990. The second-order valence-electron chi connectivity index (χ2n) is 5.91. The molecule has 1 aromatic carbocycles. The first-order valence-corrected chi connectivity index (χ1v) is 7.52. The summed E-state index contributed by atoms with van der Waals surface area (Å²) in [6.45, 7) is 0. The van der Waals surface area contributed by atoms with Gasteiger partial charge >= 0.3 is 0 Å². The van der Waals surface area contributed by atoms with Crippen LogP contribution in [0.25, 0.3) is 11.0 Å². The number of benzene rings is 1. The third-order valence-electron chi connectivity index (χ3n) is 4.99. The van der Waals surface area contributed by atoms with Crippen LogP contribution in [0.15, 0.2) is 28.7 Å². The minimum atomic E-state index is 0.346. The van der Waals surface area contributed by atoms with E-state index < -0.39 is 0 Å². The van der Waals surface area contributed by atoms with Crippen molar-refractivity contribution in [3.05, 3.63) is 35.0 Å². The molecular weight excluding hydrogens is 258 g/mol. The number of furan rings is 1. The summed E-state index contributed by atoms with van der Waals surface area (Å²) < 4.78 is 6.02. The lowest BCUT2D eigenvalue weighted by Crippen LogP contribution is -2.19. The van der Waals surface area contributed by atoms with Crippen molar-refractivity contribution in [3.63, 3.8) is 0 Å². The van der Waals surface area contributed by atoms with Gasteiger partial charge in [0.2, 0.25) is 0 Å². The zero-order chi connectivity index (χ0) is 13.0. The molecule has 1 aromatic heterocycles. The third-order valence-corrected chi connectivity index (χ3v) is 5.29. The first-order chi connectivity index (χ1) is 9.29. The molecule has 2 aliphatic carbocycles. The second-order valence-corrected chi connectivity index (χ2v) is 6.32. The van der Waals surface area contributed by atoms with E-state index in [1.807, 2.05) is 19.2 Å². The van der Waals surface area contributed by atoms with E-state index >= 15 is 0 Å². The Kier molecular flexibility index (Phi) is 2.64. The molecule has 100 valence electrons. The van der Waals surface area contributed by atoms with Gasteiger partial charge in [-0.05, 0) is 49.8 Å². The van der Waals surface area contributed by atoms with Gasteiger partial charge in [-0.1, -0.05) is 30.2 Å². The molecule has 0 spiro atoms. The molecule has 1 heterocycles. The van der Waals surface area contributed by atoms with E-state index in [9.17, 15) is 0 Å². The average Bonchev–Trinajstić information content (AvgIpc) is 2.84. The lowest BCUT2D eigenvalue weighted by Gasteiger charge is -2.15. The molecule has 19 heavy (non-hydrogen) atoms. The Morgan fingerprint density at radius 1 is 1.32 bits per heavy atom. The molecule has 0 radical (unpaired) electrons. The number of halogens is 1. The smallest absolute Gasteiger partial charge is 0.152 e. The maximum atomic E-state index is 6.20. The molecule has 0 bridgehead atoms. The minimum Gasteiger partial charge on any atom is -0.458 e. The van der Waals surface area contributed by atoms with Crippen molar-refractivity contribution < 1.29 is 4.42 Å². The van der Waals surface area contributed by atoms with Gasteiger partial charge in [0.25, 0.3) is 0 Å². The molecule has 3 unspecified atom stereocenters. The van der Waals surface area contributed by atoms with Crippen LogP contribution in [0.1, 0.15) is 31.1 Å². The van der Waals surface area contributed by atoms with E-state index in [2.05, 4.69) is 17.4 Å². The van der Waals surface area contributed by atoms with Crippen molar-refractivity contribution in [2.24, 2.45) is 17.8 Å². The molecule has 0 amide bonds. The van der Waals surface area contributed by atoms with E-state index in [0.717, 1.165) is 34.5 Å². The van der Waals surface area contributed by atoms with Crippen molar-refractivity contribution in [1.29, 1.82) is 0 Å². The summed E-state index contributed by atoms with van der Waals surface area (Å²) in [5, 5.41) is 5.26. The number of nitrogens with one attached hydrogen (secondary N) is 1. The van der Waals surface area contributed by atoms with E-state index in [-0.39, 0.29) is 0 Å². The van der Waals surface area contributed by atoms with Crippen molar-refractivity contribution >= 4 is 22.6 Å². The van der Waals surface area contributed by atoms with Crippen LogP contribution in [0.2, 0.25) is 5.02 Å². The minimum absolute atomic E-state index is 0.346. The van der Waals surface area contributed by atoms with Gasteiger partial charge in [-0.2, -0.15) is 0 Å². The molecule has 2 aromatic rings. The Labute approximate surface area is 118 Å². The number of fused-ring (bicyclic) bond motifs is 2. The first kappa shape index (κ1) is 11.8. The van der Waals surface area contributed by atoms with Gasteiger partial charge in [0, 0.05) is 5.39 Å². The predicted octanol–water partition coefficient (Wildman–Crippen LogP) is 4.39. The summed E-state index contributed by atoms with van der Waals surface area (Å²) in [5.41, 5.74) is 0.824. The van der Waals surface area contributed by atoms with Crippen LogP contribution in [0.4, 0.5) is 0 Å². The van der Waals surface area contributed by atoms with Crippen LogP contribution in [0, 0.1) is 17.8 Å². The van der Waals surface area contributed by atoms with Gasteiger partial charge in [0.05, 0.1) is 11.1 Å². The fourth-order valence-corrected chi connectivity index (χ4v) is 4.32. The van der Waals surface area contributed by atoms with Gasteiger partial charge in [-0.15, -0.1) is 0 Å². The van der Waals surface area contributed by atoms with Crippen LogP contribution < -0.4 is 5.32 Å². The average molecular weight is 276 g/mol. The van der Waals surface area contributed by atoms with Gasteiger partial charge in [0.1, 0.15) is 5.76 Å². The van der Waals surface area contributed by atoms with Gasteiger partial charge in [-0.25, -0.2) is 0 Å². The van der Waals surface area contributed by atoms with Crippen LogP contribution in [0.5, 0.6) is 0 Å². The largest absolute Gasteiger partial charge is 0.458 e. The lowest BCUT2D eigenvalue weighted by molar-refractivity contribution is 0.378. The topological polar surface area (TPSA) is 25.2 Å². The van der Waals surface area contributed by atoms with E-state index in [1.165, 1.54) is 19.3 Å². The van der Waals surface area contributed by atoms with E-state index in [4.69, 9.17) is 16.0 Å². The van der Waals surface area contributed by atoms with Crippen LogP contribution in [-0.4, -0.2) is 7.05 Å². The Morgan fingerprint density at radius 3 is 2.79 bits per heavy atom. The summed E-state index contributed by atoms with van der Waals surface area (Å²) in [6, 6.07) is 8.42. The Balaban J connectivity index is 1.70. The fourth-order valence-electron chi connectivity index (χ4n) is 4.10. The molecule has 2 aliphatic rings. The zero-order valence-corrected chi connectivity index (χ0v) is 11.8. The summed E-state index contributed by atoms with van der Waals surface area (Å²) in [7, 11) is 2.04. The van der Waals surface area contributed by atoms with Crippen molar-refractivity contribution in [2.75, 3.05) is 7.05 Å². The van der Waals surface area contributed by atoms with Gasteiger partial charge in [0.15, 0.2) is 5.58 Å². The highest BCUT2D eigenvalue weighted by atomic mass is 35.5. The van der Waals surface area contributed by atoms with Crippen molar-refractivity contribution in [1.82, 2.24) is 5.32 Å². The molecule has 3 heteroatoms. The summed E-state index contributed by atoms with van der Waals surface area (Å²) in [6.07, 6.45) is 4.21. The standard InChI is InChI=1S/C16H18ClNO/c1-18-15(14-10-5-3-6-11(10)14)13-8-9-4-2-7-12(17)16(9)19-13/h2,4,7-8,10-11,14-15,18H,3,5-6H2,1H3. The molecule has 0 saturated heterocycles. The van der Waals surface area contributed by atoms with Crippen molar-refractivity contribution in [2.45, 2.75) is 25.3 Å². The summed E-state index contributed by atoms with van der Waals surface area (Å²) in [5.74, 6) is 3.64. The molecule has 1 N–H and O–H groups in total. The van der Waals surface area contributed by atoms with Crippen LogP contribution in [-0.2, 0) is 0 Å². The Morgan fingerprint density at radius 2 is 2.11 bits per heavy atom. The van der Waals surface area contributed by atoms with Gasteiger partial charge < -0.3 is 9.73 Å². The maximum absolute atomic E-state index is 6.20. The normalized spacial score (nSPS) is 30.5. The Bertz CT molecular complexity index is 610. The molecular formula is C16H18ClNO. The predicted molar refractivity (Wildman–Crippen MR) is 77.3 cm³/mol. The van der Waals surface area contributed by atoms with Gasteiger partial charge in [-0.3, -0.25) is 0 Å². The quantitative estimate of drug-likeness (QED) is 0.898. The summed E-state index contributed by atoms with van der Waals surface area (Å²) >= 11 is 6.20. The lowest BCUT2D eigenvalue weighted by atomic mass is 10.0. The number of para-hydroxylation sites is 1. The molecule has 2 saturated carbocycles. The maximum Gasteiger partial charge on any atom is 0.152 e. The highest BCUT2D eigenvalue weighted by Gasteiger charge is 2.56. The van der Waals surface area contributed by atoms with Crippen molar-refractivity contribution in [3.8, 4) is 0 Å². The van der Waals surface area contributed by atoms with Crippen LogP contribution >= 0.6 is 11.6 Å².